The number of benzene rings is 1. The molecule has 1 aromatic carbocycles. The third-order valence-corrected chi connectivity index (χ3v) is 4.05. The van der Waals surface area contributed by atoms with Crippen LogP contribution >= 0.6 is 27.3 Å². The van der Waals surface area contributed by atoms with Gasteiger partial charge in [0.05, 0.1) is 9.88 Å². The minimum absolute atomic E-state index is 0.137. The van der Waals surface area contributed by atoms with Crippen molar-refractivity contribution in [3.8, 4) is 0 Å². The summed E-state index contributed by atoms with van der Waals surface area (Å²) in [4.78, 5) is 12.5. The first-order chi connectivity index (χ1) is 8.06. The van der Waals surface area contributed by atoms with Gasteiger partial charge >= 0.3 is 0 Å². The summed E-state index contributed by atoms with van der Waals surface area (Å²) in [6.07, 6.45) is 0. The molecular weight excluding hydrogens is 300 g/mol. The molecule has 0 fully saturated rings. The molecule has 2 rings (SSSR count). The van der Waals surface area contributed by atoms with Crippen molar-refractivity contribution >= 4 is 43.9 Å². The van der Waals surface area contributed by atoms with Crippen molar-refractivity contribution in [2.45, 2.75) is 6.92 Å². The molecule has 0 bridgehead atoms. The van der Waals surface area contributed by atoms with Crippen molar-refractivity contribution in [3.05, 3.63) is 45.2 Å². The Morgan fingerprint density at radius 3 is 2.71 bits per heavy atom. The molecular formula is C12H11BrN2OS. The van der Waals surface area contributed by atoms with Crippen LogP contribution in [0, 0.1) is 6.92 Å². The molecule has 0 unspecified atom stereocenters. The van der Waals surface area contributed by atoms with E-state index in [1.165, 1.54) is 11.3 Å². The van der Waals surface area contributed by atoms with Crippen molar-refractivity contribution < 1.29 is 4.79 Å². The zero-order valence-corrected chi connectivity index (χ0v) is 11.6. The largest absolute Gasteiger partial charge is 0.391 e. The maximum Gasteiger partial charge on any atom is 0.265 e. The molecule has 0 radical (unpaired) electrons. The lowest BCUT2D eigenvalue weighted by molar-refractivity contribution is 0.103. The molecule has 0 atom stereocenters. The number of hydrogen-bond donors (Lipinski definition) is 2. The average molecular weight is 311 g/mol. The predicted molar refractivity (Wildman–Crippen MR) is 75.6 cm³/mol. The molecule has 0 saturated heterocycles. The fourth-order valence-electron chi connectivity index (χ4n) is 1.34. The average Bonchev–Trinajstić information content (AvgIpc) is 2.70. The quantitative estimate of drug-likeness (QED) is 0.889. The van der Waals surface area contributed by atoms with E-state index in [0.717, 1.165) is 15.7 Å². The lowest BCUT2D eigenvalue weighted by atomic mass is 10.2. The Kier molecular flexibility index (Phi) is 3.49. The van der Waals surface area contributed by atoms with Gasteiger partial charge < -0.3 is 11.1 Å². The van der Waals surface area contributed by atoms with E-state index in [4.69, 9.17) is 5.73 Å². The number of nitrogen functional groups attached to an aromatic ring is 1. The van der Waals surface area contributed by atoms with Gasteiger partial charge in [-0.1, -0.05) is 22.0 Å². The van der Waals surface area contributed by atoms with Crippen LogP contribution in [0.4, 0.5) is 10.7 Å². The van der Waals surface area contributed by atoms with Gasteiger partial charge in [0.2, 0.25) is 0 Å². The van der Waals surface area contributed by atoms with Crippen molar-refractivity contribution in [1.82, 2.24) is 0 Å². The van der Waals surface area contributed by atoms with Crippen LogP contribution in [0.25, 0.3) is 0 Å². The Hall–Kier alpha value is -1.33. The van der Waals surface area contributed by atoms with Crippen LogP contribution in [0.2, 0.25) is 0 Å². The highest BCUT2D eigenvalue weighted by molar-refractivity contribution is 9.10. The number of halogens is 1. The highest BCUT2D eigenvalue weighted by atomic mass is 79.9. The molecule has 0 saturated carbocycles. The second-order valence-corrected chi connectivity index (χ2v) is 5.59. The number of nitrogens with one attached hydrogen (secondary N) is 1. The van der Waals surface area contributed by atoms with E-state index < -0.39 is 0 Å². The summed E-state index contributed by atoms with van der Waals surface area (Å²) in [7, 11) is 0. The number of carbonyl (C=O) groups is 1. The number of hydrogen-bond acceptors (Lipinski definition) is 3. The van der Waals surface area contributed by atoms with Gasteiger partial charge in [-0.25, -0.2) is 0 Å². The highest BCUT2D eigenvalue weighted by Gasteiger charge is 2.08. The number of thiophene rings is 1. The molecule has 0 aliphatic carbocycles. The zero-order chi connectivity index (χ0) is 12.4. The van der Waals surface area contributed by atoms with Crippen LogP contribution in [-0.2, 0) is 0 Å². The lowest BCUT2D eigenvalue weighted by Crippen LogP contribution is -2.10. The number of carbonyl (C=O) groups excluding carboxylic acids is 1. The normalized spacial score (nSPS) is 10.2. The topological polar surface area (TPSA) is 55.1 Å². The Morgan fingerprint density at radius 2 is 2.12 bits per heavy atom. The van der Waals surface area contributed by atoms with Gasteiger partial charge in [0.1, 0.15) is 0 Å². The molecule has 0 aliphatic rings. The summed E-state index contributed by atoms with van der Waals surface area (Å²) in [5, 5.41) is 3.46. The third-order valence-electron chi connectivity index (χ3n) is 2.28. The van der Waals surface area contributed by atoms with E-state index in [1.807, 2.05) is 25.1 Å². The smallest absolute Gasteiger partial charge is 0.265 e. The van der Waals surface area contributed by atoms with Crippen LogP contribution < -0.4 is 11.1 Å². The summed E-state index contributed by atoms with van der Waals surface area (Å²) in [6.45, 7) is 2.00. The van der Waals surface area contributed by atoms with Crippen molar-refractivity contribution in [1.29, 1.82) is 0 Å². The minimum atomic E-state index is -0.137. The fraction of sp³-hybridized carbons (Fsp3) is 0.0833. The second-order valence-electron chi connectivity index (χ2n) is 3.62. The summed E-state index contributed by atoms with van der Waals surface area (Å²) >= 11 is 4.70. The monoisotopic (exact) mass is 310 g/mol. The van der Waals surface area contributed by atoms with Crippen LogP contribution in [0.5, 0.6) is 0 Å². The second kappa shape index (κ2) is 4.89. The summed E-state index contributed by atoms with van der Waals surface area (Å²) in [6, 6.07) is 9.14. The molecule has 88 valence electrons. The molecule has 2 aromatic rings. The number of rotatable bonds is 2. The third kappa shape index (κ3) is 2.87. The van der Waals surface area contributed by atoms with Crippen LogP contribution in [0.3, 0.4) is 0 Å². The van der Waals surface area contributed by atoms with E-state index in [0.29, 0.717) is 9.88 Å². The van der Waals surface area contributed by atoms with Gasteiger partial charge in [0.25, 0.3) is 5.91 Å². The van der Waals surface area contributed by atoms with Gasteiger partial charge in [-0.3, -0.25) is 4.79 Å². The number of amides is 1. The van der Waals surface area contributed by atoms with E-state index in [9.17, 15) is 4.79 Å². The lowest BCUT2D eigenvalue weighted by Gasteiger charge is -2.05. The van der Waals surface area contributed by atoms with E-state index in [-0.39, 0.29) is 5.91 Å². The summed E-state index contributed by atoms with van der Waals surface area (Å²) < 4.78 is 0.973. The molecule has 1 amide bonds. The van der Waals surface area contributed by atoms with Crippen LogP contribution in [0.15, 0.2) is 34.8 Å². The molecule has 1 aromatic heterocycles. The molecule has 5 heteroatoms. The molecule has 3 nitrogen and oxygen atoms in total. The first-order valence-corrected chi connectivity index (χ1v) is 6.60. The van der Waals surface area contributed by atoms with Gasteiger partial charge in [-0.15, -0.1) is 11.3 Å². The maximum atomic E-state index is 11.9. The van der Waals surface area contributed by atoms with Crippen molar-refractivity contribution in [3.63, 3.8) is 0 Å². The molecule has 1 heterocycles. The summed E-state index contributed by atoms with van der Waals surface area (Å²) in [5.74, 6) is -0.137. The van der Waals surface area contributed by atoms with Crippen molar-refractivity contribution in [2.75, 3.05) is 11.1 Å². The Labute approximate surface area is 112 Å². The number of nitrogens with two attached hydrogens (primary N) is 1. The SMILES string of the molecule is Cc1ccc(NC(=O)c2ccc(N)s2)cc1Br. The summed E-state index contributed by atoms with van der Waals surface area (Å²) in [5.41, 5.74) is 7.48. The Morgan fingerprint density at radius 1 is 1.35 bits per heavy atom. The van der Waals surface area contributed by atoms with Crippen LogP contribution in [0.1, 0.15) is 15.2 Å². The molecule has 17 heavy (non-hydrogen) atoms. The highest BCUT2D eigenvalue weighted by Crippen LogP contribution is 2.23. The molecule has 0 aliphatic heterocycles. The van der Waals surface area contributed by atoms with Crippen molar-refractivity contribution in [2.24, 2.45) is 0 Å². The molecule has 0 spiro atoms. The Balaban J connectivity index is 2.15. The van der Waals surface area contributed by atoms with Gasteiger partial charge in [0, 0.05) is 10.2 Å². The first kappa shape index (κ1) is 12.1. The predicted octanol–water partition coefficient (Wildman–Crippen LogP) is 3.65. The number of aryl methyl sites for hydroxylation is 1. The zero-order valence-electron chi connectivity index (χ0n) is 9.16. The number of anilines is 2. The maximum absolute atomic E-state index is 11.9. The van der Waals surface area contributed by atoms with Gasteiger partial charge in [0.15, 0.2) is 0 Å². The van der Waals surface area contributed by atoms with E-state index in [2.05, 4.69) is 21.2 Å². The minimum Gasteiger partial charge on any atom is -0.391 e. The Bertz CT molecular complexity index is 565. The van der Waals surface area contributed by atoms with E-state index in [1.54, 1.807) is 12.1 Å². The standard InChI is InChI=1S/C12H11BrN2OS/c1-7-2-3-8(6-9(7)13)15-12(16)10-4-5-11(14)17-10/h2-6H,14H2,1H3,(H,15,16). The van der Waals surface area contributed by atoms with Crippen LogP contribution in [-0.4, -0.2) is 5.91 Å². The van der Waals surface area contributed by atoms with E-state index >= 15 is 0 Å². The fourth-order valence-corrected chi connectivity index (χ4v) is 2.39. The first-order valence-electron chi connectivity index (χ1n) is 4.99. The van der Waals surface area contributed by atoms with Gasteiger partial charge in [-0.05, 0) is 36.8 Å². The molecule has 3 N–H and O–H groups in total. The van der Waals surface area contributed by atoms with Gasteiger partial charge in [-0.2, -0.15) is 0 Å².